The summed E-state index contributed by atoms with van der Waals surface area (Å²) < 4.78 is 1.77. The lowest BCUT2D eigenvalue weighted by Crippen LogP contribution is -2.32. The first-order chi connectivity index (χ1) is 8.59. The molecule has 6 heteroatoms. The van der Waals surface area contributed by atoms with E-state index >= 15 is 0 Å². The third-order valence-corrected chi connectivity index (χ3v) is 3.60. The predicted molar refractivity (Wildman–Crippen MR) is 68.6 cm³/mol. The number of piperidine rings is 1. The summed E-state index contributed by atoms with van der Waals surface area (Å²) in [7, 11) is 0. The summed E-state index contributed by atoms with van der Waals surface area (Å²) in [5, 5.41) is 15.2. The van der Waals surface area contributed by atoms with Crippen LogP contribution in [0.4, 0.5) is 5.69 Å². The minimum atomic E-state index is -0.338. The van der Waals surface area contributed by atoms with E-state index in [1.807, 2.05) is 0 Å². The van der Waals surface area contributed by atoms with Gasteiger partial charge >= 0.3 is 5.69 Å². The molecule has 100 valence electrons. The van der Waals surface area contributed by atoms with E-state index in [0.717, 1.165) is 26.2 Å². The van der Waals surface area contributed by atoms with Gasteiger partial charge in [-0.05, 0) is 39.8 Å². The molecule has 0 aromatic carbocycles. The van der Waals surface area contributed by atoms with Gasteiger partial charge in [-0.2, -0.15) is 5.10 Å². The van der Waals surface area contributed by atoms with Crippen LogP contribution in [0, 0.1) is 24.0 Å². The Hall–Kier alpha value is -1.43. The molecular formula is C12H20N4O2. The average molecular weight is 252 g/mol. The van der Waals surface area contributed by atoms with E-state index in [4.69, 9.17) is 0 Å². The van der Waals surface area contributed by atoms with Gasteiger partial charge in [-0.25, -0.2) is 0 Å². The molecule has 1 aromatic rings. The van der Waals surface area contributed by atoms with Gasteiger partial charge in [0.05, 0.1) is 11.5 Å². The lowest BCUT2D eigenvalue weighted by atomic mass is 10.1. The molecule has 1 aliphatic rings. The van der Waals surface area contributed by atoms with Crippen LogP contribution < -0.4 is 0 Å². The molecule has 0 atom stereocenters. The summed E-state index contributed by atoms with van der Waals surface area (Å²) in [6.07, 6.45) is 3.84. The first kappa shape index (κ1) is 13.0. The van der Waals surface area contributed by atoms with Crippen molar-refractivity contribution in [2.75, 3.05) is 19.6 Å². The Morgan fingerprint density at radius 1 is 1.22 bits per heavy atom. The zero-order chi connectivity index (χ0) is 13.1. The van der Waals surface area contributed by atoms with Crippen molar-refractivity contribution in [3.8, 4) is 0 Å². The van der Waals surface area contributed by atoms with Crippen molar-refractivity contribution in [3.63, 3.8) is 0 Å². The van der Waals surface area contributed by atoms with Gasteiger partial charge in [-0.15, -0.1) is 0 Å². The highest BCUT2D eigenvalue weighted by Gasteiger charge is 2.21. The molecule has 0 N–H and O–H groups in total. The van der Waals surface area contributed by atoms with Crippen LogP contribution in [0.2, 0.25) is 0 Å². The summed E-state index contributed by atoms with van der Waals surface area (Å²) in [5.41, 5.74) is 1.33. The third-order valence-electron chi connectivity index (χ3n) is 3.60. The Kier molecular flexibility index (Phi) is 3.96. The van der Waals surface area contributed by atoms with Crippen LogP contribution in [-0.2, 0) is 6.54 Å². The monoisotopic (exact) mass is 252 g/mol. The fourth-order valence-corrected chi connectivity index (χ4v) is 2.59. The maximum Gasteiger partial charge on any atom is 0.312 e. The molecule has 1 aliphatic heterocycles. The maximum absolute atomic E-state index is 10.9. The molecule has 0 radical (unpaired) electrons. The molecule has 0 bridgehead atoms. The lowest BCUT2D eigenvalue weighted by Gasteiger charge is -2.26. The van der Waals surface area contributed by atoms with Gasteiger partial charge < -0.3 is 4.90 Å². The first-order valence-corrected chi connectivity index (χ1v) is 6.50. The normalized spacial score (nSPS) is 17.0. The van der Waals surface area contributed by atoms with E-state index in [1.54, 1.807) is 18.5 Å². The van der Waals surface area contributed by atoms with Crippen molar-refractivity contribution >= 4 is 5.69 Å². The second-order valence-electron chi connectivity index (χ2n) is 4.90. The van der Waals surface area contributed by atoms with Crippen LogP contribution in [0.25, 0.3) is 0 Å². The van der Waals surface area contributed by atoms with Gasteiger partial charge in [0.2, 0.25) is 0 Å². The molecule has 0 spiro atoms. The van der Waals surface area contributed by atoms with Crippen molar-refractivity contribution in [1.29, 1.82) is 0 Å². The van der Waals surface area contributed by atoms with Gasteiger partial charge in [-0.1, -0.05) is 6.42 Å². The second-order valence-corrected chi connectivity index (χ2v) is 4.90. The van der Waals surface area contributed by atoms with E-state index in [0.29, 0.717) is 11.4 Å². The number of nitro groups is 1. The molecule has 1 fully saturated rings. The summed E-state index contributed by atoms with van der Waals surface area (Å²) in [6, 6.07) is 0. The van der Waals surface area contributed by atoms with Gasteiger partial charge in [0, 0.05) is 6.54 Å². The van der Waals surface area contributed by atoms with E-state index in [9.17, 15) is 10.1 Å². The summed E-state index contributed by atoms with van der Waals surface area (Å²) in [5.74, 6) is 0. The lowest BCUT2D eigenvalue weighted by molar-refractivity contribution is -0.386. The molecule has 1 saturated heterocycles. The number of aromatic nitrogens is 2. The van der Waals surface area contributed by atoms with Gasteiger partial charge in [-0.3, -0.25) is 14.8 Å². The molecule has 0 amide bonds. The highest BCUT2D eigenvalue weighted by Crippen LogP contribution is 2.21. The maximum atomic E-state index is 10.9. The minimum absolute atomic E-state index is 0.161. The van der Waals surface area contributed by atoms with Crippen LogP contribution in [0.15, 0.2) is 0 Å². The van der Waals surface area contributed by atoms with Crippen molar-refractivity contribution in [2.45, 2.75) is 39.7 Å². The van der Waals surface area contributed by atoms with Crippen LogP contribution in [0.1, 0.15) is 30.7 Å². The SMILES string of the molecule is Cc1nn(CCN2CCCCC2)c(C)c1[N+](=O)[O-]. The molecule has 0 unspecified atom stereocenters. The molecule has 2 heterocycles. The topological polar surface area (TPSA) is 64.2 Å². The number of nitrogens with zero attached hydrogens (tertiary/aromatic N) is 4. The Morgan fingerprint density at radius 3 is 2.44 bits per heavy atom. The van der Waals surface area contributed by atoms with Gasteiger partial charge in [0.1, 0.15) is 11.4 Å². The summed E-state index contributed by atoms with van der Waals surface area (Å²) in [6.45, 7) is 7.42. The Balaban J connectivity index is 2.01. The smallest absolute Gasteiger partial charge is 0.301 e. The van der Waals surface area contributed by atoms with Crippen LogP contribution in [0.3, 0.4) is 0 Å². The molecule has 2 rings (SSSR count). The zero-order valence-electron chi connectivity index (χ0n) is 11.1. The Labute approximate surface area is 107 Å². The van der Waals surface area contributed by atoms with Crippen molar-refractivity contribution in [1.82, 2.24) is 14.7 Å². The third kappa shape index (κ3) is 2.69. The predicted octanol–water partition coefficient (Wildman–Crippen LogP) is 1.89. The van der Waals surface area contributed by atoms with E-state index in [1.165, 1.54) is 19.3 Å². The van der Waals surface area contributed by atoms with Crippen molar-refractivity contribution in [3.05, 3.63) is 21.5 Å². The zero-order valence-corrected chi connectivity index (χ0v) is 11.1. The standard InChI is InChI=1S/C12H20N4O2/c1-10-12(16(17)18)11(2)15(13-10)9-8-14-6-4-3-5-7-14/h3-9H2,1-2H3. The van der Waals surface area contributed by atoms with E-state index in [2.05, 4.69) is 10.00 Å². The quantitative estimate of drug-likeness (QED) is 0.606. The molecule has 18 heavy (non-hydrogen) atoms. The second kappa shape index (κ2) is 5.48. The Bertz CT molecular complexity index is 436. The molecule has 0 saturated carbocycles. The largest absolute Gasteiger partial charge is 0.312 e. The fraction of sp³-hybridized carbons (Fsp3) is 0.750. The van der Waals surface area contributed by atoms with Crippen LogP contribution in [0.5, 0.6) is 0 Å². The molecule has 0 aliphatic carbocycles. The Morgan fingerprint density at radius 2 is 1.89 bits per heavy atom. The highest BCUT2D eigenvalue weighted by molar-refractivity contribution is 5.39. The number of likely N-dealkylation sites (tertiary alicyclic amines) is 1. The summed E-state index contributed by atoms with van der Waals surface area (Å²) >= 11 is 0. The highest BCUT2D eigenvalue weighted by atomic mass is 16.6. The van der Waals surface area contributed by atoms with Crippen LogP contribution >= 0.6 is 0 Å². The number of rotatable bonds is 4. The average Bonchev–Trinajstić information content (AvgIpc) is 2.63. The first-order valence-electron chi connectivity index (χ1n) is 6.50. The number of hydrogen-bond donors (Lipinski definition) is 0. The molecular weight excluding hydrogens is 232 g/mol. The summed E-state index contributed by atoms with van der Waals surface area (Å²) in [4.78, 5) is 13.0. The fourth-order valence-electron chi connectivity index (χ4n) is 2.59. The number of aryl methyl sites for hydroxylation is 1. The molecule has 6 nitrogen and oxygen atoms in total. The van der Waals surface area contributed by atoms with Gasteiger partial charge in [0.15, 0.2) is 0 Å². The van der Waals surface area contributed by atoms with Crippen LogP contribution in [-0.4, -0.2) is 39.2 Å². The van der Waals surface area contributed by atoms with E-state index in [-0.39, 0.29) is 10.6 Å². The van der Waals surface area contributed by atoms with Crippen molar-refractivity contribution < 1.29 is 4.92 Å². The molecule has 1 aromatic heterocycles. The minimum Gasteiger partial charge on any atom is -0.301 e. The van der Waals surface area contributed by atoms with E-state index < -0.39 is 0 Å². The number of hydrogen-bond acceptors (Lipinski definition) is 4. The van der Waals surface area contributed by atoms with Crippen molar-refractivity contribution in [2.24, 2.45) is 0 Å². The van der Waals surface area contributed by atoms with Gasteiger partial charge in [0.25, 0.3) is 0 Å².